The molecule has 4 heterocycles. The first-order valence-corrected chi connectivity index (χ1v) is 13.8. The second kappa shape index (κ2) is 9.55. The molecule has 6 heteroatoms. The quantitative estimate of drug-likeness (QED) is 0.418. The Hall–Kier alpha value is -2.44. The average molecular weight is 534 g/mol. The summed E-state index contributed by atoms with van der Waals surface area (Å²) in [5, 5.41) is 0. The summed E-state index contributed by atoms with van der Waals surface area (Å²) in [6.07, 6.45) is 10.2. The number of amides is 1. The van der Waals surface area contributed by atoms with Gasteiger partial charge in [-0.1, -0.05) is 52.3 Å². The van der Waals surface area contributed by atoms with Crippen molar-refractivity contribution in [3.8, 4) is 11.4 Å². The van der Waals surface area contributed by atoms with E-state index in [1.807, 2.05) is 6.20 Å². The molecule has 1 aromatic heterocycles. The number of hydrogen-bond donors (Lipinski definition) is 0. The highest BCUT2D eigenvalue weighted by atomic mass is 79.9. The van der Waals surface area contributed by atoms with Gasteiger partial charge in [0, 0.05) is 48.5 Å². The van der Waals surface area contributed by atoms with Crippen LogP contribution in [0, 0.1) is 5.92 Å². The lowest BCUT2D eigenvalue weighted by atomic mass is 9.79. The molecule has 1 atom stereocenters. The van der Waals surface area contributed by atoms with Gasteiger partial charge in [-0.2, -0.15) is 0 Å². The summed E-state index contributed by atoms with van der Waals surface area (Å²) in [4.78, 5) is 22.9. The van der Waals surface area contributed by atoms with Gasteiger partial charge in [0.25, 0.3) is 0 Å². The van der Waals surface area contributed by atoms with Crippen LogP contribution in [-0.2, 0) is 10.3 Å². The highest BCUT2D eigenvalue weighted by Crippen LogP contribution is 2.49. The Balaban J connectivity index is 1.22. The summed E-state index contributed by atoms with van der Waals surface area (Å²) in [5.41, 5.74) is 3.17. The third-order valence-electron chi connectivity index (χ3n) is 8.37. The third kappa shape index (κ3) is 4.15. The number of aromatic nitrogens is 2. The van der Waals surface area contributed by atoms with Gasteiger partial charge in [0.15, 0.2) is 0 Å². The molecule has 2 aromatic carbocycles. The van der Waals surface area contributed by atoms with E-state index in [2.05, 4.69) is 85.0 Å². The second-order valence-corrected chi connectivity index (χ2v) is 11.3. The minimum Gasteiger partial charge on any atom is -0.343 e. The van der Waals surface area contributed by atoms with Crippen molar-refractivity contribution in [3.63, 3.8) is 0 Å². The van der Waals surface area contributed by atoms with Crippen LogP contribution in [0.3, 0.4) is 0 Å². The van der Waals surface area contributed by atoms with Gasteiger partial charge in [0.1, 0.15) is 5.82 Å². The molecule has 0 aliphatic carbocycles. The van der Waals surface area contributed by atoms with Gasteiger partial charge in [0.05, 0.1) is 5.54 Å². The number of carbonyl (C=O) groups is 1. The normalized spacial score (nSPS) is 22.4. The van der Waals surface area contributed by atoms with E-state index in [1.165, 1.54) is 43.6 Å². The van der Waals surface area contributed by atoms with Crippen LogP contribution in [0.25, 0.3) is 11.4 Å². The molecule has 0 bridgehead atoms. The predicted molar refractivity (Wildman–Crippen MR) is 142 cm³/mol. The molecule has 1 amide bonds. The first-order valence-electron chi connectivity index (χ1n) is 13.0. The molecule has 3 aliphatic rings. The van der Waals surface area contributed by atoms with E-state index in [0.29, 0.717) is 6.42 Å². The lowest BCUT2D eigenvalue weighted by Crippen LogP contribution is -2.42. The van der Waals surface area contributed by atoms with Crippen molar-refractivity contribution in [1.82, 2.24) is 19.4 Å². The molecular weight excluding hydrogens is 500 g/mol. The summed E-state index contributed by atoms with van der Waals surface area (Å²) >= 11 is 3.59. The molecular formula is C29H33BrN4O. The van der Waals surface area contributed by atoms with Gasteiger partial charge < -0.3 is 14.4 Å². The highest BCUT2D eigenvalue weighted by molar-refractivity contribution is 9.10. The van der Waals surface area contributed by atoms with Crippen LogP contribution in [0.5, 0.6) is 0 Å². The molecule has 2 saturated heterocycles. The molecule has 0 spiro atoms. The monoisotopic (exact) mass is 532 g/mol. The minimum atomic E-state index is -0.424. The van der Waals surface area contributed by atoms with E-state index >= 15 is 0 Å². The molecule has 3 aromatic rings. The number of likely N-dealkylation sites (tertiary alicyclic amines) is 2. The maximum Gasteiger partial charge on any atom is 0.222 e. The summed E-state index contributed by atoms with van der Waals surface area (Å²) in [7, 11) is 0. The fourth-order valence-corrected chi connectivity index (χ4v) is 6.80. The van der Waals surface area contributed by atoms with Crippen molar-refractivity contribution in [3.05, 3.63) is 76.5 Å². The van der Waals surface area contributed by atoms with Crippen LogP contribution < -0.4 is 0 Å². The summed E-state index contributed by atoms with van der Waals surface area (Å²) in [6.45, 7) is 5.53. The Kier molecular flexibility index (Phi) is 6.27. The van der Waals surface area contributed by atoms with E-state index in [-0.39, 0.29) is 5.91 Å². The topological polar surface area (TPSA) is 41.4 Å². The van der Waals surface area contributed by atoms with E-state index in [1.54, 1.807) is 0 Å². The van der Waals surface area contributed by atoms with Gasteiger partial charge in [-0.15, -0.1) is 0 Å². The standard InChI is InChI=1S/C29H33BrN4O/c30-24-9-7-23(8-10-24)29(26-6-2-1-5-25(26)28-31-15-20-34(28)29)14-11-27(35)33-18-12-22(13-19-33)21-32-16-3-4-17-32/h1-2,5-10,15,20,22H,3-4,11-14,16-19,21H2. The van der Waals surface area contributed by atoms with Crippen LogP contribution in [0.2, 0.25) is 0 Å². The van der Waals surface area contributed by atoms with E-state index in [4.69, 9.17) is 4.98 Å². The Morgan fingerprint density at radius 2 is 1.74 bits per heavy atom. The fraction of sp³-hybridized carbons (Fsp3) is 0.448. The van der Waals surface area contributed by atoms with Crippen molar-refractivity contribution in [2.45, 2.75) is 44.1 Å². The van der Waals surface area contributed by atoms with E-state index in [9.17, 15) is 4.79 Å². The molecule has 0 radical (unpaired) electrons. The Bertz CT molecular complexity index is 1190. The van der Waals surface area contributed by atoms with Gasteiger partial charge in [-0.3, -0.25) is 4.79 Å². The number of rotatable bonds is 6. The zero-order valence-corrected chi connectivity index (χ0v) is 21.8. The zero-order chi connectivity index (χ0) is 23.8. The van der Waals surface area contributed by atoms with Crippen LogP contribution in [0.1, 0.15) is 49.7 Å². The van der Waals surface area contributed by atoms with E-state index in [0.717, 1.165) is 54.1 Å². The Labute approximate surface area is 216 Å². The van der Waals surface area contributed by atoms with Crippen LogP contribution in [-0.4, -0.2) is 58.0 Å². The highest BCUT2D eigenvalue weighted by Gasteiger charge is 2.45. The average Bonchev–Trinajstić information content (AvgIpc) is 3.63. The molecule has 6 rings (SSSR count). The largest absolute Gasteiger partial charge is 0.343 e. The van der Waals surface area contributed by atoms with Crippen LogP contribution in [0.15, 0.2) is 65.4 Å². The molecule has 1 unspecified atom stereocenters. The second-order valence-electron chi connectivity index (χ2n) is 10.4. The number of hydrogen-bond acceptors (Lipinski definition) is 3. The molecule has 35 heavy (non-hydrogen) atoms. The summed E-state index contributed by atoms with van der Waals surface area (Å²) in [5.74, 6) is 2.01. The van der Waals surface area contributed by atoms with Gasteiger partial charge in [0.2, 0.25) is 5.91 Å². The predicted octanol–water partition coefficient (Wildman–Crippen LogP) is 5.53. The first-order chi connectivity index (χ1) is 17.1. The number of halogens is 1. The molecule has 5 nitrogen and oxygen atoms in total. The van der Waals surface area contributed by atoms with Crippen molar-refractivity contribution >= 4 is 21.8 Å². The van der Waals surface area contributed by atoms with E-state index < -0.39 is 5.54 Å². The number of fused-ring (bicyclic) bond motifs is 3. The smallest absolute Gasteiger partial charge is 0.222 e. The molecule has 3 aliphatic heterocycles. The van der Waals surface area contributed by atoms with Crippen molar-refractivity contribution < 1.29 is 4.79 Å². The Morgan fingerprint density at radius 1 is 1.00 bits per heavy atom. The molecule has 0 saturated carbocycles. The lowest BCUT2D eigenvalue weighted by Gasteiger charge is -2.36. The van der Waals surface area contributed by atoms with Gasteiger partial charge >= 0.3 is 0 Å². The Morgan fingerprint density at radius 3 is 2.51 bits per heavy atom. The number of imidazole rings is 1. The van der Waals surface area contributed by atoms with Crippen molar-refractivity contribution in [2.75, 3.05) is 32.7 Å². The maximum absolute atomic E-state index is 13.5. The summed E-state index contributed by atoms with van der Waals surface area (Å²) in [6, 6.07) is 17.1. The van der Waals surface area contributed by atoms with Crippen molar-refractivity contribution in [2.24, 2.45) is 5.92 Å². The molecule has 2 fully saturated rings. The van der Waals surface area contributed by atoms with Crippen LogP contribution >= 0.6 is 15.9 Å². The number of piperidine rings is 1. The molecule has 182 valence electrons. The number of nitrogens with zero attached hydrogens (tertiary/aromatic N) is 4. The fourth-order valence-electron chi connectivity index (χ4n) is 6.54. The lowest BCUT2D eigenvalue weighted by molar-refractivity contribution is -0.133. The van der Waals surface area contributed by atoms with Crippen LogP contribution in [0.4, 0.5) is 0 Å². The summed E-state index contributed by atoms with van der Waals surface area (Å²) < 4.78 is 3.35. The number of benzene rings is 2. The van der Waals surface area contributed by atoms with Gasteiger partial charge in [-0.05, 0) is 74.4 Å². The minimum absolute atomic E-state index is 0.284. The first kappa shape index (κ1) is 23.0. The SMILES string of the molecule is O=C(CCC1(c2ccc(Br)cc2)c2ccccc2-c2nccn21)N1CCC(CN2CCCC2)CC1. The van der Waals surface area contributed by atoms with Crippen molar-refractivity contribution in [1.29, 1.82) is 0 Å². The maximum atomic E-state index is 13.5. The zero-order valence-electron chi connectivity index (χ0n) is 20.2. The van der Waals surface area contributed by atoms with Gasteiger partial charge in [-0.25, -0.2) is 4.98 Å². The third-order valence-corrected chi connectivity index (χ3v) is 8.90. The molecule has 0 N–H and O–H groups in total. The number of carbonyl (C=O) groups excluding carboxylic acids is 1.